The maximum atomic E-state index is 12.9. The van der Waals surface area contributed by atoms with Gasteiger partial charge < -0.3 is 14.6 Å². The maximum Gasteiger partial charge on any atom is 0.273 e. The van der Waals surface area contributed by atoms with Crippen LogP contribution in [0.4, 0.5) is 0 Å². The Morgan fingerprint density at radius 2 is 1.35 bits per heavy atom. The average Bonchev–Trinajstić information content (AvgIpc) is 3.26. The van der Waals surface area contributed by atoms with Crippen molar-refractivity contribution < 1.29 is 9.21 Å². The Hall–Kier alpha value is -3.70. The quantitative estimate of drug-likeness (QED) is 0.467. The number of likely N-dealkylation sites (N-methyl/N-ethyl adjacent to an activating group) is 1. The van der Waals surface area contributed by atoms with E-state index in [1.807, 2.05) is 91.8 Å². The number of aromatic nitrogens is 1. The standard InChI is InChI=1S/C26H25N3O2/c1-29(2)18-17-27-25(30)23-24(21-11-7-4-8-12-21)31-26(28-23)22-15-13-20(14-16-22)19-9-5-3-6-10-19/h3-16H,17-18H2,1-2H3,(H,27,30). The van der Waals surface area contributed by atoms with Crippen molar-refractivity contribution >= 4 is 5.91 Å². The largest absolute Gasteiger partial charge is 0.435 e. The molecular formula is C26H25N3O2. The van der Waals surface area contributed by atoms with Crippen LogP contribution in [0.2, 0.25) is 0 Å². The van der Waals surface area contributed by atoms with Crippen molar-refractivity contribution in [3.05, 3.63) is 90.6 Å². The van der Waals surface area contributed by atoms with E-state index in [4.69, 9.17) is 4.42 Å². The monoisotopic (exact) mass is 411 g/mol. The number of amides is 1. The van der Waals surface area contributed by atoms with E-state index in [0.29, 0.717) is 23.9 Å². The third kappa shape index (κ3) is 4.90. The third-order valence-corrected chi connectivity index (χ3v) is 4.96. The normalized spacial score (nSPS) is 10.9. The second-order valence-electron chi connectivity index (χ2n) is 7.57. The van der Waals surface area contributed by atoms with Crippen LogP contribution in [-0.2, 0) is 0 Å². The number of nitrogens with one attached hydrogen (secondary N) is 1. The van der Waals surface area contributed by atoms with Gasteiger partial charge in [-0.3, -0.25) is 4.79 Å². The SMILES string of the molecule is CN(C)CCNC(=O)c1nc(-c2ccc(-c3ccccc3)cc2)oc1-c1ccccc1. The van der Waals surface area contributed by atoms with E-state index in [-0.39, 0.29) is 5.91 Å². The Balaban J connectivity index is 1.65. The minimum Gasteiger partial charge on any atom is -0.435 e. The van der Waals surface area contributed by atoms with Gasteiger partial charge in [-0.1, -0.05) is 72.8 Å². The maximum absolute atomic E-state index is 12.9. The van der Waals surface area contributed by atoms with Gasteiger partial charge in [0, 0.05) is 24.2 Å². The molecule has 156 valence electrons. The zero-order valence-electron chi connectivity index (χ0n) is 17.7. The van der Waals surface area contributed by atoms with Crippen LogP contribution in [0.25, 0.3) is 33.9 Å². The first-order valence-corrected chi connectivity index (χ1v) is 10.3. The van der Waals surface area contributed by atoms with Crippen LogP contribution in [0.1, 0.15) is 10.5 Å². The van der Waals surface area contributed by atoms with Gasteiger partial charge in [0.25, 0.3) is 5.91 Å². The summed E-state index contributed by atoms with van der Waals surface area (Å²) >= 11 is 0. The molecule has 1 N–H and O–H groups in total. The lowest BCUT2D eigenvalue weighted by molar-refractivity contribution is 0.0947. The van der Waals surface area contributed by atoms with Gasteiger partial charge >= 0.3 is 0 Å². The summed E-state index contributed by atoms with van der Waals surface area (Å²) in [4.78, 5) is 19.4. The fourth-order valence-corrected chi connectivity index (χ4v) is 3.30. The summed E-state index contributed by atoms with van der Waals surface area (Å²) in [7, 11) is 3.93. The van der Waals surface area contributed by atoms with E-state index in [1.165, 1.54) is 0 Å². The van der Waals surface area contributed by atoms with Crippen molar-refractivity contribution in [3.8, 4) is 33.9 Å². The minimum atomic E-state index is -0.239. The smallest absolute Gasteiger partial charge is 0.273 e. The predicted molar refractivity (Wildman–Crippen MR) is 124 cm³/mol. The van der Waals surface area contributed by atoms with Gasteiger partial charge in [-0.25, -0.2) is 4.98 Å². The fraction of sp³-hybridized carbons (Fsp3) is 0.154. The third-order valence-electron chi connectivity index (χ3n) is 4.96. The van der Waals surface area contributed by atoms with Gasteiger partial charge in [0.2, 0.25) is 5.89 Å². The number of nitrogens with zero attached hydrogens (tertiary/aromatic N) is 2. The molecule has 0 atom stereocenters. The number of carbonyl (C=O) groups is 1. The molecular weight excluding hydrogens is 386 g/mol. The highest BCUT2D eigenvalue weighted by Crippen LogP contribution is 2.31. The van der Waals surface area contributed by atoms with Crippen molar-refractivity contribution in [1.29, 1.82) is 0 Å². The molecule has 31 heavy (non-hydrogen) atoms. The second-order valence-corrected chi connectivity index (χ2v) is 7.57. The lowest BCUT2D eigenvalue weighted by Gasteiger charge is -2.09. The van der Waals surface area contributed by atoms with Crippen LogP contribution in [-0.4, -0.2) is 43.0 Å². The molecule has 0 aliphatic heterocycles. The van der Waals surface area contributed by atoms with Crippen molar-refractivity contribution in [2.24, 2.45) is 0 Å². The van der Waals surface area contributed by atoms with Crippen molar-refractivity contribution in [2.45, 2.75) is 0 Å². The zero-order valence-corrected chi connectivity index (χ0v) is 17.7. The topological polar surface area (TPSA) is 58.4 Å². The van der Waals surface area contributed by atoms with Crippen LogP contribution in [0.15, 0.2) is 89.3 Å². The van der Waals surface area contributed by atoms with Crippen LogP contribution in [0, 0.1) is 0 Å². The number of oxazole rings is 1. The molecule has 0 saturated carbocycles. The fourth-order valence-electron chi connectivity index (χ4n) is 3.30. The van der Waals surface area contributed by atoms with Gasteiger partial charge in [-0.2, -0.15) is 0 Å². The lowest BCUT2D eigenvalue weighted by atomic mass is 10.0. The Kier molecular flexibility index (Phi) is 6.24. The highest BCUT2D eigenvalue weighted by molar-refractivity contribution is 5.98. The summed E-state index contributed by atoms with van der Waals surface area (Å²) < 4.78 is 6.10. The molecule has 4 rings (SSSR count). The number of rotatable bonds is 7. The van der Waals surface area contributed by atoms with E-state index >= 15 is 0 Å². The molecule has 0 radical (unpaired) electrons. The Bertz CT molecular complexity index is 1130. The number of hydrogen-bond acceptors (Lipinski definition) is 4. The van der Waals surface area contributed by atoms with E-state index in [0.717, 1.165) is 28.8 Å². The van der Waals surface area contributed by atoms with Gasteiger partial charge in [0.05, 0.1) is 0 Å². The summed E-state index contributed by atoms with van der Waals surface area (Å²) in [5.41, 5.74) is 4.20. The van der Waals surface area contributed by atoms with E-state index in [9.17, 15) is 4.79 Å². The number of carbonyl (C=O) groups excluding carboxylic acids is 1. The molecule has 4 aromatic rings. The molecule has 5 heteroatoms. The number of benzene rings is 3. The summed E-state index contributed by atoms with van der Waals surface area (Å²) in [6, 6.07) is 27.8. The molecule has 0 spiro atoms. The molecule has 1 amide bonds. The Morgan fingerprint density at radius 3 is 1.97 bits per heavy atom. The molecule has 0 aliphatic carbocycles. The van der Waals surface area contributed by atoms with Crippen LogP contribution in [0.5, 0.6) is 0 Å². The summed E-state index contributed by atoms with van der Waals surface area (Å²) in [6.45, 7) is 1.28. The molecule has 0 unspecified atom stereocenters. The summed E-state index contributed by atoms with van der Waals surface area (Å²) in [5, 5.41) is 2.93. The van der Waals surface area contributed by atoms with Crippen molar-refractivity contribution in [3.63, 3.8) is 0 Å². The van der Waals surface area contributed by atoms with Crippen LogP contribution >= 0.6 is 0 Å². The molecule has 1 heterocycles. The molecule has 1 aromatic heterocycles. The molecule has 0 fully saturated rings. The molecule has 5 nitrogen and oxygen atoms in total. The minimum absolute atomic E-state index is 0.239. The van der Waals surface area contributed by atoms with E-state index < -0.39 is 0 Å². The predicted octanol–water partition coefficient (Wildman–Crippen LogP) is 4.97. The lowest BCUT2D eigenvalue weighted by Crippen LogP contribution is -2.31. The van der Waals surface area contributed by atoms with Crippen LogP contribution in [0.3, 0.4) is 0 Å². The number of hydrogen-bond donors (Lipinski definition) is 1. The first kappa shape index (κ1) is 20.6. The summed E-state index contributed by atoms with van der Waals surface area (Å²) in [6.07, 6.45) is 0. The van der Waals surface area contributed by atoms with Gasteiger partial charge in [-0.05, 0) is 37.4 Å². The van der Waals surface area contributed by atoms with E-state index in [2.05, 4.69) is 22.4 Å². The highest BCUT2D eigenvalue weighted by Gasteiger charge is 2.22. The van der Waals surface area contributed by atoms with E-state index in [1.54, 1.807) is 0 Å². The molecule has 0 aliphatic rings. The van der Waals surface area contributed by atoms with Gasteiger partial charge in [0.15, 0.2) is 11.5 Å². The average molecular weight is 412 g/mol. The second kappa shape index (κ2) is 9.41. The Labute approximate surface area is 182 Å². The van der Waals surface area contributed by atoms with Gasteiger partial charge in [0.1, 0.15) is 0 Å². The van der Waals surface area contributed by atoms with Crippen molar-refractivity contribution in [1.82, 2.24) is 15.2 Å². The first-order valence-electron chi connectivity index (χ1n) is 10.3. The van der Waals surface area contributed by atoms with Gasteiger partial charge in [-0.15, -0.1) is 0 Å². The Morgan fingerprint density at radius 1 is 0.806 bits per heavy atom. The van der Waals surface area contributed by atoms with Crippen molar-refractivity contribution in [2.75, 3.05) is 27.2 Å². The zero-order chi connectivity index (χ0) is 21.6. The summed E-state index contributed by atoms with van der Waals surface area (Å²) in [5.74, 6) is 0.665. The first-order chi connectivity index (χ1) is 15.1. The molecule has 3 aromatic carbocycles. The van der Waals surface area contributed by atoms with Crippen LogP contribution < -0.4 is 5.32 Å². The molecule has 0 bridgehead atoms. The molecule has 0 saturated heterocycles. The highest BCUT2D eigenvalue weighted by atomic mass is 16.4.